The van der Waals surface area contributed by atoms with Crippen molar-refractivity contribution in [2.45, 2.75) is 59.3 Å². The smallest absolute Gasteiger partial charge is 0.310 e. The first-order valence-electron chi connectivity index (χ1n) is 12.4. The van der Waals surface area contributed by atoms with Gasteiger partial charge in [-0.1, -0.05) is 56.3 Å². The molecule has 200 valence electrons. The predicted molar refractivity (Wildman–Crippen MR) is 142 cm³/mol. The van der Waals surface area contributed by atoms with E-state index >= 15 is 0 Å². The maximum absolute atomic E-state index is 11.8. The van der Waals surface area contributed by atoms with Gasteiger partial charge < -0.3 is 19.7 Å². The molecule has 7 heteroatoms. The Morgan fingerprint density at radius 2 is 1.54 bits per heavy atom. The van der Waals surface area contributed by atoms with E-state index in [0.29, 0.717) is 30.5 Å². The molecule has 0 aliphatic heterocycles. The van der Waals surface area contributed by atoms with Crippen molar-refractivity contribution in [2.75, 3.05) is 6.61 Å². The third-order valence-corrected chi connectivity index (χ3v) is 5.82. The van der Waals surface area contributed by atoms with E-state index in [1.54, 1.807) is 44.2 Å². The molecule has 0 fully saturated rings. The highest BCUT2D eigenvalue weighted by Crippen LogP contribution is 2.19. The summed E-state index contributed by atoms with van der Waals surface area (Å²) in [4.78, 5) is 44.1. The number of aliphatic carboxylic acids is 1. The quantitative estimate of drug-likeness (QED) is 0.213. The second kappa shape index (κ2) is 16.8. The summed E-state index contributed by atoms with van der Waals surface area (Å²) in [6, 6.07) is 14.5. The number of esters is 1. The van der Waals surface area contributed by atoms with Crippen molar-refractivity contribution in [1.29, 1.82) is 0 Å². The molecule has 2 N–H and O–H groups in total. The summed E-state index contributed by atoms with van der Waals surface area (Å²) < 4.78 is 5.13. The lowest BCUT2D eigenvalue weighted by molar-refractivity contribution is -0.144. The first-order chi connectivity index (χ1) is 17.6. The molecule has 0 heterocycles. The molecule has 0 aliphatic carbocycles. The fourth-order valence-electron chi connectivity index (χ4n) is 3.62. The van der Waals surface area contributed by atoms with Crippen LogP contribution in [0.3, 0.4) is 0 Å². The predicted octanol–water partition coefficient (Wildman–Crippen LogP) is 5.29. The number of carbonyl (C=O) groups excluding carboxylic acids is 3. The maximum atomic E-state index is 11.8. The second-order valence-corrected chi connectivity index (χ2v) is 9.25. The van der Waals surface area contributed by atoms with Gasteiger partial charge in [0, 0.05) is 18.8 Å². The lowest BCUT2D eigenvalue weighted by atomic mass is 9.93. The number of phenolic OH excluding ortho intramolecular Hbond substituents is 1. The van der Waals surface area contributed by atoms with Crippen molar-refractivity contribution in [1.82, 2.24) is 0 Å². The zero-order chi connectivity index (χ0) is 27.8. The van der Waals surface area contributed by atoms with Gasteiger partial charge in [-0.05, 0) is 60.6 Å². The number of phenols is 1. The Balaban J connectivity index is 0.000000397. The zero-order valence-corrected chi connectivity index (χ0v) is 22.1. The van der Waals surface area contributed by atoms with E-state index < -0.39 is 23.8 Å². The lowest BCUT2D eigenvalue weighted by Crippen LogP contribution is -2.16. The molecule has 2 aromatic rings. The van der Waals surface area contributed by atoms with E-state index in [0.717, 1.165) is 17.5 Å². The largest absolute Gasteiger partial charge is 0.508 e. The number of allylic oxidation sites excluding steroid dienone is 2. The number of carboxylic acids is 1. The number of benzene rings is 2. The number of hydrogen-bond donors (Lipinski definition) is 2. The average molecular weight is 511 g/mol. The molecule has 0 spiro atoms. The Hall–Kier alpha value is -3.74. The van der Waals surface area contributed by atoms with Crippen molar-refractivity contribution < 1.29 is 34.1 Å². The second-order valence-electron chi connectivity index (χ2n) is 9.25. The van der Waals surface area contributed by atoms with E-state index in [9.17, 15) is 24.3 Å². The number of hydrogen-bond acceptors (Lipinski definition) is 6. The van der Waals surface area contributed by atoms with E-state index in [4.69, 9.17) is 9.84 Å². The van der Waals surface area contributed by atoms with Crippen molar-refractivity contribution in [3.05, 3.63) is 76.9 Å². The molecule has 0 bridgehead atoms. The van der Waals surface area contributed by atoms with E-state index in [1.165, 1.54) is 5.56 Å². The average Bonchev–Trinajstić information content (AvgIpc) is 2.86. The van der Waals surface area contributed by atoms with Crippen LogP contribution in [0.25, 0.3) is 0 Å². The standard InChI is InChI=1S/C17H20O5.C13H18O2/c1-2-14(12-19)15(7-9-18)11-17(21)22-10-8-13-3-5-16(20)6-4-13;1-9(2)8-11-4-6-12(7-5-11)10(3)13(14)15/h2-6,9,12,15,20H,7-8,10-11H2,1H3;4-7,9-10H,8H2,1-3H3,(H,14,15)/b14-2-;/t15-;/m0./s1. The van der Waals surface area contributed by atoms with Gasteiger partial charge >= 0.3 is 11.9 Å². The van der Waals surface area contributed by atoms with Crippen LogP contribution in [-0.4, -0.2) is 41.3 Å². The van der Waals surface area contributed by atoms with Crippen molar-refractivity contribution >= 4 is 24.5 Å². The lowest BCUT2D eigenvalue weighted by Gasteiger charge is -2.13. The van der Waals surface area contributed by atoms with Crippen LogP contribution < -0.4 is 0 Å². The maximum Gasteiger partial charge on any atom is 0.310 e. The number of aldehydes is 2. The van der Waals surface area contributed by atoms with Crippen LogP contribution in [0.5, 0.6) is 5.75 Å². The molecular formula is C30H38O7. The Labute approximate surface area is 219 Å². The molecule has 0 saturated carbocycles. The van der Waals surface area contributed by atoms with Gasteiger partial charge in [-0.3, -0.25) is 14.4 Å². The molecule has 1 unspecified atom stereocenters. The van der Waals surface area contributed by atoms with Crippen LogP contribution >= 0.6 is 0 Å². The van der Waals surface area contributed by atoms with E-state index in [2.05, 4.69) is 13.8 Å². The topological polar surface area (TPSA) is 118 Å². The third-order valence-electron chi connectivity index (χ3n) is 5.82. The Kier molecular flexibility index (Phi) is 14.2. The van der Waals surface area contributed by atoms with Gasteiger partial charge in [0.2, 0.25) is 0 Å². The fourth-order valence-corrected chi connectivity index (χ4v) is 3.62. The monoisotopic (exact) mass is 510 g/mol. The molecule has 7 nitrogen and oxygen atoms in total. The minimum atomic E-state index is -0.772. The first-order valence-corrected chi connectivity index (χ1v) is 12.4. The number of ether oxygens (including phenoxy) is 1. The van der Waals surface area contributed by atoms with Gasteiger partial charge in [-0.2, -0.15) is 0 Å². The van der Waals surface area contributed by atoms with Gasteiger partial charge in [-0.15, -0.1) is 0 Å². The molecular weight excluding hydrogens is 472 g/mol. The zero-order valence-electron chi connectivity index (χ0n) is 22.1. The molecule has 0 aliphatic rings. The summed E-state index contributed by atoms with van der Waals surface area (Å²) in [5.41, 5.74) is 3.51. The minimum Gasteiger partial charge on any atom is -0.508 e. The van der Waals surface area contributed by atoms with Crippen LogP contribution in [0.2, 0.25) is 0 Å². The van der Waals surface area contributed by atoms with Gasteiger partial charge in [0.05, 0.1) is 18.9 Å². The third kappa shape index (κ3) is 12.2. The Morgan fingerprint density at radius 1 is 0.946 bits per heavy atom. The highest BCUT2D eigenvalue weighted by molar-refractivity contribution is 5.78. The Morgan fingerprint density at radius 3 is 2.03 bits per heavy atom. The summed E-state index contributed by atoms with van der Waals surface area (Å²) in [5, 5.41) is 18.0. The van der Waals surface area contributed by atoms with Crippen molar-refractivity contribution in [3.63, 3.8) is 0 Å². The Bertz CT molecular complexity index is 1020. The van der Waals surface area contributed by atoms with Crippen LogP contribution in [-0.2, 0) is 36.8 Å². The van der Waals surface area contributed by atoms with Crippen LogP contribution in [0, 0.1) is 11.8 Å². The van der Waals surface area contributed by atoms with Gasteiger partial charge in [0.25, 0.3) is 0 Å². The minimum absolute atomic E-state index is 0.00668. The van der Waals surface area contributed by atoms with E-state index in [1.807, 2.05) is 24.3 Å². The summed E-state index contributed by atoms with van der Waals surface area (Å²) in [7, 11) is 0. The fraction of sp³-hybridized carbons (Fsp3) is 0.400. The highest BCUT2D eigenvalue weighted by Gasteiger charge is 2.18. The SMILES string of the molecule is C/C=C(/C=O)[C@@H](CC=O)CC(=O)OCCc1ccc(O)cc1.CC(C)Cc1ccc(C(C)C(=O)O)cc1. The number of aromatic hydroxyl groups is 1. The molecule has 2 aromatic carbocycles. The number of carbonyl (C=O) groups is 4. The summed E-state index contributed by atoms with van der Waals surface area (Å²) in [6.45, 7) is 7.96. The number of rotatable bonds is 13. The molecule has 37 heavy (non-hydrogen) atoms. The highest BCUT2D eigenvalue weighted by atomic mass is 16.5. The molecule has 2 rings (SSSR count). The van der Waals surface area contributed by atoms with E-state index in [-0.39, 0.29) is 25.2 Å². The van der Waals surface area contributed by atoms with Crippen LogP contribution in [0.4, 0.5) is 0 Å². The number of carboxylic acid groups (broad SMARTS) is 1. The van der Waals surface area contributed by atoms with Gasteiger partial charge in [0.15, 0.2) is 0 Å². The molecule has 0 aromatic heterocycles. The molecule has 0 saturated heterocycles. The van der Waals surface area contributed by atoms with Crippen molar-refractivity contribution in [2.24, 2.45) is 11.8 Å². The van der Waals surface area contributed by atoms with Crippen LogP contribution in [0.1, 0.15) is 63.1 Å². The molecule has 2 atom stereocenters. The first kappa shape index (κ1) is 31.3. The normalized spacial score (nSPS) is 12.6. The molecule has 0 amide bonds. The van der Waals surface area contributed by atoms with Gasteiger partial charge in [-0.25, -0.2) is 0 Å². The molecule has 0 radical (unpaired) electrons. The van der Waals surface area contributed by atoms with Crippen molar-refractivity contribution in [3.8, 4) is 5.75 Å². The summed E-state index contributed by atoms with van der Waals surface area (Å²) in [6.07, 6.45) is 4.67. The summed E-state index contributed by atoms with van der Waals surface area (Å²) >= 11 is 0. The van der Waals surface area contributed by atoms with Gasteiger partial charge in [0.1, 0.15) is 18.3 Å². The summed E-state index contributed by atoms with van der Waals surface area (Å²) in [5.74, 6) is -1.24. The van der Waals surface area contributed by atoms with Crippen LogP contribution in [0.15, 0.2) is 60.2 Å².